The molecule has 1 aliphatic rings. The van der Waals surface area contributed by atoms with Crippen molar-refractivity contribution in [3.8, 4) is 0 Å². The predicted molar refractivity (Wildman–Crippen MR) is 68.0 cm³/mol. The second kappa shape index (κ2) is 5.52. The summed E-state index contributed by atoms with van der Waals surface area (Å²) in [6.45, 7) is 3.33. The lowest BCUT2D eigenvalue weighted by Crippen LogP contribution is -2.47. The summed E-state index contributed by atoms with van der Waals surface area (Å²) in [5.74, 6) is -2.85. The van der Waals surface area contributed by atoms with E-state index in [-0.39, 0.29) is 36.0 Å². The third-order valence-electron chi connectivity index (χ3n) is 3.10. The van der Waals surface area contributed by atoms with Crippen LogP contribution in [0.5, 0.6) is 0 Å². The first-order chi connectivity index (χ1) is 9.38. The molecule has 0 spiro atoms. The first-order valence-corrected chi connectivity index (χ1v) is 6.34. The fraction of sp³-hybridized carbons (Fsp3) is 0.462. The number of pyridine rings is 1. The highest BCUT2D eigenvalue weighted by Gasteiger charge is 2.27. The van der Waals surface area contributed by atoms with E-state index in [9.17, 15) is 18.4 Å². The third-order valence-corrected chi connectivity index (χ3v) is 3.10. The van der Waals surface area contributed by atoms with E-state index >= 15 is 0 Å². The highest BCUT2D eigenvalue weighted by molar-refractivity contribution is 6.01. The van der Waals surface area contributed by atoms with Gasteiger partial charge in [-0.25, -0.2) is 9.37 Å². The largest absolute Gasteiger partial charge is 0.358 e. The molecular weight excluding hydrogens is 268 g/mol. The Morgan fingerprint density at radius 1 is 1.40 bits per heavy atom. The number of hydrogen-bond acceptors (Lipinski definition) is 4. The first-order valence-electron chi connectivity index (χ1n) is 6.34. The molecule has 2 rings (SSSR count). The minimum Gasteiger partial charge on any atom is -0.358 e. The standard InChI is InChI=1S/C13H15F2N3O2/c1-6(2)11-7(14)5-9(17-12(11)15)16-8-3-4-10(19)18-13(8)20/h5-6,8H,3-4H2,1-2H3,(H,16,17)(H,18,19,20). The molecule has 5 nitrogen and oxygen atoms in total. The Kier molecular flexibility index (Phi) is 3.96. The van der Waals surface area contributed by atoms with Crippen molar-refractivity contribution in [3.05, 3.63) is 23.4 Å². The van der Waals surface area contributed by atoms with Gasteiger partial charge in [-0.2, -0.15) is 4.39 Å². The molecule has 1 atom stereocenters. The van der Waals surface area contributed by atoms with Crippen LogP contribution < -0.4 is 10.6 Å². The van der Waals surface area contributed by atoms with Gasteiger partial charge < -0.3 is 5.32 Å². The Morgan fingerprint density at radius 3 is 2.65 bits per heavy atom. The van der Waals surface area contributed by atoms with Gasteiger partial charge in [0.1, 0.15) is 17.7 Å². The molecule has 0 radical (unpaired) electrons. The quantitative estimate of drug-likeness (QED) is 0.654. The Hall–Kier alpha value is -2.05. The Bertz CT molecular complexity index is 538. The van der Waals surface area contributed by atoms with Gasteiger partial charge in [-0.05, 0) is 12.3 Å². The Balaban J connectivity index is 2.18. The molecular formula is C13H15F2N3O2. The van der Waals surface area contributed by atoms with Gasteiger partial charge in [-0.3, -0.25) is 14.9 Å². The molecule has 2 amide bonds. The van der Waals surface area contributed by atoms with Gasteiger partial charge >= 0.3 is 0 Å². The number of anilines is 1. The Morgan fingerprint density at radius 2 is 2.10 bits per heavy atom. The van der Waals surface area contributed by atoms with Crippen LogP contribution in [0.1, 0.15) is 38.2 Å². The fourth-order valence-corrected chi connectivity index (χ4v) is 2.09. The van der Waals surface area contributed by atoms with E-state index in [1.54, 1.807) is 13.8 Å². The van der Waals surface area contributed by atoms with E-state index in [0.717, 1.165) is 6.07 Å². The molecule has 1 unspecified atom stereocenters. The number of amides is 2. The van der Waals surface area contributed by atoms with Crippen LogP contribution in [0.3, 0.4) is 0 Å². The van der Waals surface area contributed by atoms with E-state index in [0.29, 0.717) is 0 Å². The number of carbonyl (C=O) groups excluding carboxylic acids is 2. The molecule has 20 heavy (non-hydrogen) atoms. The van der Waals surface area contributed by atoms with Crippen molar-refractivity contribution in [2.24, 2.45) is 0 Å². The number of nitrogens with one attached hydrogen (secondary N) is 2. The maximum atomic E-state index is 13.8. The summed E-state index contributed by atoms with van der Waals surface area (Å²) in [6.07, 6.45) is 0.444. The molecule has 0 aromatic carbocycles. The fourth-order valence-electron chi connectivity index (χ4n) is 2.09. The number of carbonyl (C=O) groups is 2. The summed E-state index contributed by atoms with van der Waals surface area (Å²) in [6, 6.07) is 0.339. The monoisotopic (exact) mass is 283 g/mol. The average molecular weight is 283 g/mol. The van der Waals surface area contributed by atoms with Crippen LogP contribution in [0, 0.1) is 11.8 Å². The zero-order valence-corrected chi connectivity index (χ0v) is 11.2. The van der Waals surface area contributed by atoms with Crippen LogP contribution in [-0.4, -0.2) is 22.8 Å². The molecule has 2 heterocycles. The smallest absolute Gasteiger partial charge is 0.249 e. The maximum absolute atomic E-state index is 13.8. The third kappa shape index (κ3) is 2.92. The average Bonchev–Trinajstić information content (AvgIpc) is 2.31. The second-order valence-electron chi connectivity index (χ2n) is 5.00. The summed E-state index contributed by atoms with van der Waals surface area (Å²) < 4.78 is 27.5. The van der Waals surface area contributed by atoms with Crippen molar-refractivity contribution in [2.75, 3.05) is 5.32 Å². The van der Waals surface area contributed by atoms with E-state index in [2.05, 4.69) is 15.6 Å². The number of rotatable bonds is 3. The molecule has 1 fully saturated rings. The van der Waals surface area contributed by atoms with Crippen molar-refractivity contribution in [2.45, 2.75) is 38.6 Å². The van der Waals surface area contributed by atoms with E-state index in [1.165, 1.54) is 0 Å². The molecule has 0 saturated carbocycles. The van der Waals surface area contributed by atoms with Gasteiger partial charge in [0.15, 0.2) is 0 Å². The van der Waals surface area contributed by atoms with Gasteiger partial charge in [0.05, 0.1) is 0 Å². The molecule has 2 N–H and O–H groups in total. The first kappa shape index (κ1) is 14.4. The lowest BCUT2D eigenvalue weighted by Gasteiger charge is -2.22. The van der Waals surface area contributed by atoms with Crippen molar-refractivity contribution < 1.29 is 18.4 Å². The van der Waals surface area contributed by atoms with E-state index < -0.39 is 23.7 Å². The molecule has 1 aliphatic heterocycles. The summed E-state index contributed by atoms with van der Waals surface area (Å²) in [5, 5.41) is 4.80. The van der Waals surface area contributed by atoms with Gasteiger partial charge in [0.2, 0.25) is 17.8 Å². The van der Waals surface area contributed by atoms with Crippen LogP contribution in [-0.2, 0) is 9.59 Å². The highest BCUT2D eigenvalue weighted by Crippen LogP contribution is 2.23. The number of halogens is 2. The number of imide groups is 1. The number of nitrogens with zero attached hydrogens (tertiary/aromatic N) is 1. The molecule has 1 aromatic rings. The number of aromatic nitrogens is 1. The topological polar surface area (TPSA) is 71.1 Å². The van der Waals surface area contributed by atoms with Crippen LogP contribution in [0.15, 0.2) is 6.07 Å². The lowest BCUT2D eigenvalue weighted by atomic mass is 10.0. The van der Waals surface area contributed by atoms with E-state index in [4.69, 9.17) is 0 Å². The molecule has 1 aromatic heterocycles. The summed E-state index contributed by atoms with van der Waals surface area (Å²) in [5.41, 5.74) is -0.0844. The molecule has 0 bridgehead atoms. The van der Waals surface area contributed by atoms with Crippen LogP contribution in [0.4, 0.5) is 14.6 Å². The van der Waals surface area contributed by atoms with Gasteiger partial charge in [-0.15, -0.1) is 0 Å². The maximum Gasteiger partial charge on any atom is 0.249 e. The Labute approximate surface area is 114 Å². The van der Waals surface area contributed by atoms with Gasteiger partial charge in [0.25, 0.3) is 0 Å². The molecule has 0 aliphatic carbocycles. The molecule has 108 valence electrons. The van der Waals surface area contributed by atoms with Crippen molar-refractivity contribution in [1.29, 1.82) is 0 Å². The lowest BCUT2D eigenvalue weighted by molar-refractivity contribution is -0.133. The molecule has 1 saturated heterocycles. The summed E-state index contributed by atoms with van der Waals surface area (Å²) in [4.78, 5) is 26.2. The van der Waals surface area contributed by atoms with Crippen molar-refractivity contribution >= 4 is 17.6 Å². The number of hydrogen-bond donors (Lipinski definition) is 2. The normalized spacial score (nSPS) is 19.1. The number of piperidine rings is 1. The SMILES string of the molecule is CC(C)c1c(F)cc(NC2CCC(=O)NC2=O)nc1F. The van der Waals surface area contributed by atoms with Gasteiger partial charge in [-0.1, -0.05) is 13.8 Å². The zero-order chi connectivity index (χ0) is 14.9. The van der Waals surface area contributed by atoms with Crippen molar-refractivity contribution in [3.63, 3.8) is 0 Å². The highest BCUT2D eigenvalue weighted by atomic mass is 19.1. The predicted octanol–water partition coefficient (Wildman–Crippen LogP) is 1.70. The molecule has 7 heteroatoms. The zero-order valence-electron chi connectivity index (χ0n) is 11.2. The minimum atomic E-state index is -0.894. The summed E-state index contributed by atoms with van der Waals surface area (Å²) in [7, 11) is 0. The van der Waals surface area contributed by atoms with Gasteiger partial charge in [0, 0.05) is 18.1 Å². The summed E-state index contributed by atoms with van der Waals surface area (Å²) >= 11 is 0. The van der Waals surface area contributed by atoms with E-state index in [1.807, 2.05) is 0 Å². The van der Waals surface area contributed by atoms with Crippen molar-refractivity contribution in [1.82, 2.24) is 10.3 Å². The second-order valence-corrected chi connectivity index (χ2v) is 5.00. The van der Waals surface area contributed by atoms with Crippen LogP contribution in [0.2, 0.25) is 0 Å². The van der Waals surface area contributed by atoms with Crippen LogP contribution >= 0.6 is 0 Å². The minimum absolute atomic E-state index is 0.0566. The van der Waals surface area contributed by atoms with Crippen LogP contribution in [0.25, 0.3) is 0 Å².